The van der Waals surface area contributed by atoms with Crippen molar-refractivity contribution in [2.75, 3.05) is 5.32 Å². The molecular formula is C11H14ClN3. The summed E-state index contributed by atoms with van der Waals surface area (Å²) in [5, 5.41) is 3.71. The first kappa shape index (κ1) is 10.4. The van der Waals surface area contributed by atoms with E-state index in [-0.39, 0.29) is 6.04 Å². The third-order valence-corrected chi connectivity index (χ3v) is 2.58. The molecule has 80 valence electrons. The molecule has 1 aromatic heterocycles. The molecule has 1 unspecified atom stereocenters. The predicted molar refractivity (Wildman–Crippen MR) is 62.3 cm³/mol. The van der Waals surface area contributed by atoms with E-state index in [2.05, 4.69) is 21.9 Å². The molecular weight excluding hydrogens is 210 g/mol. The van der Waals surface area contributed by atoms with Crippen molar-refractivity contribution in [2.24, 2.45) is 0 Å². The molecule has 0 spiro atoms. The normalized spacial score (nSPS) is 17.2. The predicted octanol–water partition coefficient (Wildman–Crippen LogP) is 2.99. The quantitative estimate of drug-likeness (QED) is 0.630. The van der Waals surface area contributed by atoms with Gasteiger partial charge in [-0.05, 0) is 19.8 Å². The summed E-state index contributed by atoms with van der Waals surface area (Å²) in [7, 11) is 0. The first-order chi connectivity index (χ1) is 7.19. The van der Waals surface area contributed by atoms with Gasteiger partial charge in [0.05, 0.1) is 0 Å². The van der Waals surface area contributed by atoms with E-state index in [0.29, 0.717) is 11.1 Å². The number of hydrogen-bond acceptors (Lipinski definition) is 3. The van der Waals surface area contributed by atoms with Gasteiger partial charge in [-0.15, -0.1) is 6.58 Å². The van der Waals surface area contributed by atoms with Crippen LogP contribution in [0.15, 0.2) is 18.7 Å². The number of anilines is 1. The van der Waals surface area contributed by atoms with Crippen LogP contribution in [0.2, 0.25) is 5.15 Å². The molecule has 1 N–H and O–H groups in total. The zero-order valence-corrected chi connectivity index (χ0v) is 9.46. The Bertz CT molecular complexity index is 374. The lowest BCUT2D eigenvalue weighted by Crippen LogP contribution is -2.13. The Morgan fingerprint density at radius 3 is 2.93 bits per heavy atom. The highest BCUT2D eigenvalue weighted by molar-refractivity contribution is 6.29. The van der Waals surface area contributed by atoms with Crippen LogP contribution < -0.4 is 5.32 Å². The fourth-order valence-corrected chi connectivity index (χ4v) is 1.52. The first-order valence-corrected chi connectivity index (χ1v) is 5.50. The maximum Gasteiger partial charge on any atom is 0.135 e. The Kier molecular flexibility index (Phi) is 2.91. The van der Waals surface area contributed by atoms with Crippen molar-refractivity contribution < 1.29 is 0 Å². The lowest BCUT2D eigenvalue weighted by Gasteiger charge is -2.10. The maximum atomic E-state index is 5.93. The monoisotopic (exact) mass is 223 g/mol. The summed E-state index contributed by atoms with van der Waals surface area (Å²) in [5.41, 5.74) is 0. The smallest absolute Gasteiger partial charge is 0.135 e. The van der Waals surface area contributed by atoms with Gasteiger partial charge in [-0.3, -0.25) is 0 Å². The zero-order valence-electron chi connectivity index (χ0n) is 8.70. The van der Waals surface area contributed by atoms with Crippen LogP contribution in [0.4, 0.5) is 5.82 Å². The molecule has 0 bridgehead atoms. The Hall–Kier alpha value is -1.09. The molecule has 1 aliphatic carbocycles. The summed E-state index contributed by atoms with van der Waals surface area (Å²) in [5.74, 6) is 2.16. The molecule has 1 atom stereocenters. The number of halogens is 1. The third kappa shape index (κ3) is 2.69. The van der Waals surface area contributed by atoms with Gasteiger partial charge in [-0.2, -0.15) is 0 Å². The van der Waals surface area contributed by atoms with E-state index in [9.17, 15) is 0 Å². The topological polar surface area (TPSA) is 37.8 Å². The minimum absolute atomic E-state index is 0.183. The van der Waals surface area contributed by atoms with Crippen molar-refractivity contribution >= 4 is 17.4 Å². The Balaban J connectivity index is 2.19. The van der Waals surface area contributed by atoms with Gasteiger partial charge in [-0.25, -0.2) is 9.97 Å². The molecule has 1 fully saturated rings. The summed E-state index contributed by atoms with van der Waals surface area (Å²) in [6.45, 7) is 5.72. The van der Waals surface area contributed by atoms with Crippen LogP contribution in [0.25, 0.3) is 0 Å². The van der Waals surface area contributed by atoms with E-state index in [1.54, 1.807) is 6.07 Å². The Morgan fingerprint density at radius 1 is 1.60 bits per heavy atom. The average molecular weight is 224 g/mol. The molecule has 1 heterocycles. The van der Waals surface area contributed by atoms with Crippen molar-refractivity contribution in [2.45, 2.75) is 31.7 Å². The third-order valence-electron chi connectivity index (χ3n) is 2.38. The molecule has 1 aromatic rings. The Morgan fingerprint density at radius 2 is 2.33 bits per heavy atom. The standard InChI is InChI=1S/C11H14ClN3/c1-3-7(2)13-10-6-9(12)14-11(15-10)8-4-5-8/h3,6-8H,1,4-5H2,2H3,(H,13,14,15). The van der Waals surface area contributed by atoms with E-state index in [4.69, 9.17) is 11.6 Å². The van der Waals surface area contributed by atoms with Gasteiger partial charge in [0.2, 0.25) is 0 Å². The zero-order chi connectivity index (χ0) is 10.8. The average Bonchev–Trinajstić information content (AvgIpc) is 2.99. The van der Waals surface area contributed by atoms with Gasteiger partial charge in [-0.1, -0.05) is 17.7 Å². The van der Waals surface area contributed by atoms with Crippen molar-refractivity contribution in [1.82, 2.24) is 9.97 Å². The number of rotatable bonds is 4. The fraction of sp³-hybridized carbons (Fsp3) is 0.455. The lowest BCUT2D eigenvalue weighted by atomic mass is 10.3. The van der Waals surface area contributed by atoms with Crippen LogP contribution >= 0.6 is 11.6 Å². The molecule has 1 aliphatic rings. The van der Waals surface area contributed by atoms with E-state index in [0.717, 1.165) is 11.6 Å². The molecule has 15 heavy (non-hydrogen) atoms. The van der Waals surface area contributed by atoms with E-state index < -0.39 is 0 Å². The van der Waals surface area contributed by atoms with Gasteiger partial charge >= 0.3 is 0 Å². The fourth-order valence-electron chi connectivity index (χ4n) is 1.33. The van der Waals surface area contributed by atoms with Crippen molar-refractivity contribution in [3.05, 3.63) is 29.7 Å². The SMILES string of the molecule is C=CC(C)Nc1cc(Cl)nc(C2CC2)n1. The second-order valence-corrected chi connectivity index (χ2v) is 4.26. The van der Waals surface area contributed by atoms with Gasteiger partial charge in [0.15, 0.2) is 0 Å². The van der Waals surface area contributed by atoms with E-state index in [1.807, 2.05) is 13.0 Å². The highest BCUT2D eigenvalue weighted by atomic mass is 35.5. The van der Waals surface area contributed by atoms with Crippen LogP contribution in [0.5, 0.6) is 0 Å². The van der Waals surface area contributed by atoms with Gasteiger partial charge in [0.1, 0.15) is 16.8 Å². The van der Waals surface area contributed by atoms with Crippen LogP contribution in [0.3, 0.4) is 0 Å². The van der Waals surface area contributed by atoms with Crippen molar-refractivity contribution in [3.8, 4) is 0 Å². The van der Waals surface area contributed by atoms with Gasteiger partial charge < -0.3 is 5.32 Å². The first-order valence-electron chi connectivity index (χ1n) is 5.12. The molecule has 2 rings (SSSR count). The minimum atomic E-state index is 0.183. The van der Waals surface area contributed by atoms with Crippen molar-refractivity contribution in [1.29, 1.82) is 0 Å². The van der Waals surface area contributed by atoms with Crippen molar-refractivity contribution in [3.63, 3.8) is 0 Å². The van der Waals surface area contributed by atoms with Crippen LogP contribution in [0.1, 0.15) is 31.5 Å². The van der Waals surface area contributed by atoms with E-state index >= 15 is 0 Å². The van der Waals surface area contributed by atoms with Crippen LogP contribution in [0, 0.1) is 0 Å². The van der Waals surface area contributed by atoms with Crippen LogP contribution in [-0.4, -0.2) is 16.0 Å². The van der Waals surface area contributed by atoms with Gasteiger partial charge in [0, 0.05) is 18.0 Å². The Labute approximate surface area is 94.6 Å². The summed E-state index contributed by atoms with van der Waals surface area (Å²) < 4.78 is 0. The second-order valence-electron chi connectivity index (χ2n) is 3.88. The number of nitrogens with zero attached hydrogens (tertiary/aromatic N) is 2. The maximum absolute atomic E-state index is 5.93. The molecule has 1 saturated carbocycles. The highest BCUT2D eigenvalue weighted by Crippen LogP contribution is 2.38. The van der Waals surface area contributed by atoms with Gasteiger partial charge in [0.25, 0.3) is 0 Å². The number of nitrogens with one attached hydrogen (secondary N) is 1. The molecule has 0 aliphatic heterocycles. The molecule has 4 heteroatoms. The molecule has 3 nitrogen and oxygen atoms in total. The molecule has 0 aromatic carbocycles. The molecule has 0 amide bonds. The lowest BCUT2D eigenvalue weighted by molar-refractivity contribution is 0.906. The van der Waals surface area contributed by atoms with E-state index in [1.165, 1.54) is 12.8 Å². The number of aromatic nitrogens is 2. The second kappa shape index (κ2) is 4.19. The summed E-state index contributed by atoms with van der Waals surface area (Å²) in [6, 6.07) is 1.93. The summed E-state index contributed by atoms with van der Waals surface area (Å²) >= 11 is 5.93. The molecule has 0 saturated heterocycles. The number of hydrogen-bond donors (Lipinski definition) is 1. The summed E-state index contributed by atoms with van der Waals surface area (Å²) in [4.78, 5) is 8.65. The minimum Gasteiger partial charge on any atom is -0.364 e. The van der Waals surface area contributed by atoms with Crippen LogP contribution in [-0.2, 0) is 0 Å². The highest BCUT2D eigenvalue weighted by Gasteiger charge is 2.27. The molecule has 0 radical (unpaired) electrons. The summed E-state index contributed by atoms with van der Waals surface area (Å²) in [6.07, 6.45) is 4.18. The largest absolute Gasteiger partial charge is 0.364 e.